The summed E-state index contributed by atoms with van der Waals surface area (Å²) >= 11 is 0. The highest BCUT2D eigenvalue weighted by Gasteiger charge is 2.33. The van der Waals surface area contributed by atoms with Gasteiger partial charge >= 0.3 is 6.18 Å². The minimum Gasteiger partial charge on any atom is -0.379 e. The quantitative estimate of drug-likeness (QED) is 0.782. The molecule has 28 heavy (non-hydrogen) atoms. The third-order valence-electron chi connectivity index (χ3n) is 4.18. The Morgan fingerprint density at radius 2 is 1.93 bits per heavy atom. The lowest BCUT2D eigenvalue weighted by Gasteiger charge is -2.26. The van der Waals surface area contributed by atoms with Crippen LogP contribution in [0.25, 0.3) is 0 Å². The fraction of sp³-hybridized carbons (Fsp3) is 0.389. The number of carbonyl (C=O) groups is 1. The van der Waals surface area contributed by atoms with Gasteiger partial charge in [-0.3, -0.25) is 9.69 Å². The van der Waals surface area contributed by atoms with Gasteiger partial charge in [-0.1, -0.05) is 12.1 Å². The van der Waals surface area contributed by atoms with E-state index in [0.717, 1.165) is 19.2 Å². The Morgan fingerprint density at radius 3 is 2.68 bits per heavy atom. The predicted molar refractivity (Wildman–Crippen MR) is 96.4 cm³/mol. The second-order valence-electron chi connectivity index (χ2n) is 6.14. The van der Waals surface area contributed by atoms with E-state index >= 15 is 0 Å². The molecule has 2 aromatic rings. The van der Waals surface area contributed by atoms with E-state index in [0.29, 0.717) is 26.3 Å². The molecule has 150 valence electrons. The first-order valence-corrected chi connectivity index (χ1v) is 8.78. The molecule has 1 aliphatic heterocycles. The number of rotatable bonds is 6. The number of benzene rings is 1. The van der Waals surface area contributed by atoms with Gasteiger partial charge in [0.25, 0.3) is 5.91 Å². The average molecular weight is 395 g/mol. The Bertz CT molecular complexity index is 810. The summed E-state index contributed by atoms with van der Waals surface area (Å²) in [5.41, 5.74) is -0.942. The SMILES string of the molecule is O=C(NCCN1CCOCC1)c1ccnc(Nc2ccccc2C(F)(F)F)n1. The third-order valence-corrected chi connectivity index (χ3v) is 4.18. The Morgan fingerprint density at radius 1 is 1.18 bits per heavy atom. The lowest BCUT2D eigenvalue weighted by molar-refractivity contribution is -0.136. The van der Waals surface area contributed by atoms with Crippen molar-refractivity contribution in [3.63, 3.8) is 0 Å². The molecule has 0 saturated carbocycles. The minimum absolute atomic E-state index is 0.0731. The number of alkyl halides is 3. The van der Waals surface area contributed by atoms with Crippen LogP contribution in [-0.2, 0) is 10.9 Å². The largest absolute Gasteiger partial charge is 0.418 e. The van der Waals surface area contributed by atoms with Crippen molar-refractivity contribution >= 4 is 17.5 Å². The van der Waals surface area contributed by atoms with E-state index < -0.39 is 17.6 Å². The van der Waals surface area contributed by atoms with E-state index in [4.69, 9.17) is 4.74 Å². The number of aromatic nitrogens is 2. The number of amides is 1. The van der Waals surface area contributed by atoms with Gasteiger partial charge in [0.05, 0.1) is 24.5 Å². The molecule has 0 radical (unpaired) electrons. The van der Waals surface area contributed by atoms with Crippen LogP contribution in [0.3, 0.4) is 0 Å². The number of para-hydroxylation sites is 1. The first-order valence-electron chi connectivity index (χ1n) is 8.78. The molecular formula is C18H20F3N5O2. The molecule has 1 saturated heterocycles. The molecule has 1 aromatic carbocycles. The molecule has 2 N–H and O–H groups in total. The van der Waals surface area contributed by atoms with Crippen LogP contribution in [0, 0.1) is 0 Å². The van der Waals surface area contributed by atoms with Crippen molar-refractivity contribution in [3.8, 4) is 0 Å². The summed E-state index contributed by atoms with van der Waals surface area (Å²) in [4.78, 5) is 22.4. The standard InChI is InChI=1S/C18H20F3N5O2/c19-18(20,21)13-3-1-2-4-14(13)24-17-23-6-5-15(25-17)16(27)22-7-8-26-9-11-28-12-10-26/h1-6H,7-12H2,(H,22,27)(H,23,24,25). The normalized spacial score (nSPS) is 15.2. The maximum absolute atomic E-state index is 13.1. The first kappa shape index (κ1) is 20.0. The van der Waals surface area contributed by atoms with Gasteiger partial charge in [0, 0.05) is 32.4 Å². The van der Waals surface area contributed by atoms with Crippen molar-refractivity contribution < 1.29 is 22.7 Å². The van der Waals surface area contributed by atoms with Crippen LogP contribution in [0.2, 0.25) is 0 Å². The van der Waals surface area contributed by atoms with E-state index in [1.165, 1.54) is 30.5 Å². The highest BCUT2D eigenvalue weighted by atomic mass is 19.4. The Labute approximate surface area is 159 Å². The van der Waals surface area contributed by atoms with Crippen molar-refractivity contribution in [2.75, 3.05) is 44.7 Å². The lowest BCUT2D eigenvalue weighted by Crippen LogP contribution is -2.41. The van der Waals surface area contributed by atoms with Crippen molar-refractivity contribution in [1.29, 1.82) is 0 Å². The van der Waals surface area contributed by atoms with Crippen LogP contribution < -0.4 is 10.6 Å². The van der Waals surface area contributed by atoms with E-state index in [2.05, 4.69) is 25.5 Å². The summed E-state index contributed by atoms with van der Waals surface area (Å²) in [6, 6.07) is 6.42. The summed E-state index contributed by atoms with van der Waals surface area (Å²) in [6.45, 7) is 4.10. The van der Waals surface area contributed by atoms with E-state index in [1.807, 2.05) is 0 Å². The summed E-state index contributed by atoms with van der Waals surface area (Å²) < 4.78 is 44.5. The lowest BCUT2D eigenvalue weighted by atomic mass is 10.1. The second-order valence-corrected chi connectivity index (χ2v) is 6.14. The summed E-state index contributed by atoms with van der Waals surface area (Å²) in [7, 11) is 0. The average Bonchev–Trinajstić information content (AvgIpc) is 2.68. The smallest absolute Gasteiger partial charge is 0.379 e. The van der Waals surface area contributed by atoms with Gasteiger partial charge < -0.3 is 15.4 Å². The molecule has 1 amide bonds. The summed E-state index contributed by atoms with van der Waals surface area (Å²) in [5.74, 6) is -0.500. The second kappa shape index (κ2) is 8.98. The summed E-state index contributed by atoms with van der Waals surface area (Å²) in [6.07, 6.45) is -3.19. The van der Waals surface area contributed by atoms with Crippen LogP contribution in [0.15, 0.2) is 36.5 Å². The predicted octanol–water partition coefficient (Wildman–Crippen LogP) is 2.30. The van der Waals surface area contributed by atoms with Gasteiger partial charge in [0.2, 0.25) is 5.95 Å². The number of nitrogens with zero attached hydrogens (tertiary/aromatic N) is 3. The topological polar surface area (TPSA) is 79.4 Å². The minimum atomic E-state index is -4.52. The zero-order chi connectivity index (χ0) is 20.0. The molecule has 0 unspecified atom stereocenters. The number of hydrogen-bond donors (Lipinski definition) is 2. The van der Waals surface area contributed by atoms with Crippen LogP contribution >= 0.6 is 0 Å². The molecule has 3 rings (SSSR count). The summed E-state index contributed by atoms with van der Waals surface area (Å²) in [5, 5.41) is 5.29. The maximum atomic E-state index is 13.1. The Hall–Kier alpha value is -2.72. The van der Waals surface area contributed by atoms with Gasteiger partial charge in [-0.2, -0.15) is 13.2 Å². The number of hydrogen-bond acceptors (Lipinski definition) is 6. The number of nitrogens with one attached hydrogen (secondary N) is 2. The van der Waals surface area contributed by atoms with Crippen LogP contribution in [-0.4, -0.2) is 60.2 Å². The molecule has 0 spiro atoms. The number of ether oxygens (including phenoxy) is 1. The van der Waals surface area contributed by atoms with E-state index in [1.54, 1.807) is 0 Å². The molecule has 10 heteroatoms. The van der Waals surface area contributed by atoms with Crippen LogP contribution in [0.1, 0.15) is 16.1 Å². The zero-order valence-electron chi connectivity index (χ0n) is 15.0. The number of anilines is 2. The molecule has 0 bridgehead atoms. The molecular weight excluding hydrogens is 375 g/mol. The fourth-order valence-corrected chi connectivity index (χ4v) is 2.75. The molecule has 1 fully saturated rings. The van der Waals surface area contributed by atoms with Gasteiger partial charge in [-0.25, -0.2) is 9.97 Å². The molecule has 1 aromatic heterocycles. The van der Waals surface area contributed by atoms with Crippen molar-refractivity contribution in [2.24, 2.45) is 0 Å². The molecule has 1 aliphatic rings. The monoisotopic (exact) mass is 395 g/mol. The maximum Gasteiger partial charge on any atom is 0.418 e. The fourth-order valence-electron chi connectivity index (χ4n) is 2.75. The van der Waals surface area contributed by atoms with Gasteiger partial charge in [0.1, 0.15) is 5.69 Å². The van der Waals surface area contributed by atoms with E-state index in [9.17, 15) is 18.0 Å². The highest BCUT2D eigenvalue weighted by molar-refractivity contribution is 5.92. The van der Waals surface area contributed by atoms with Crippen LogP contribution in [0.5, 0.6) is 0 Å². The third kappa shape index (κ3) is 5.40. The molecule has 2 heterocycles. The molecule has 0 aliphatic carbocycles. The number of halogens is 3. The molecule has 7 nitrogen and oxygen atoms in total. The first-order chi connectivity index (χ1) is 13.4. The number of carbonyl (C=O) groups excluding carboxylic acids is 1. The van der Waals surface area contributed by atoms with Gasteiger partial charge in [-0.15, -0.1) is 0 Å². The number of morpholine rings is 1. The Balaban J connectivity index is 1.62. The Kier molecular flexibility index (Phi) is 6.42. The van der Waals surface area contributed by atoms with Gasteiger partial charge in [0.15, 0.2) is 0 Å². The highest BCUT2D eigenvalue weighted by Crippen LogP contribution is 2.35. The van der Waals surface area contributed by atoms with Crippen molar-refractivity contribution in [2.45, 2.75) is 6.18 Å². The van der Waals surface area contributed by atoms with Crippen LogP contribution in [0.4, 0.5) is 24.8 Å². The molecule has 0 atom stereocenters. The van der Waals surface area contributed by atoms with E-state index in [-0.39, 0.29) is 17.3 Å². The van der Waals surface area contributed by atoms with Gasteiger partial charge in [-0.05, 0) is 18.2 Å². The zero-order valence-corrected chi connectivity index (χ0v) is 15.0. The van der Waals surface area contributed by atoms with Crippen molar-refractivity contribution in [3.05, 3.63) is 47.8 Å². The van der Waals surface area contributed by atoms with Crippen molar-refractivity contribution in [1.82, 2.24) is 20.2 Å².